The molecule has 0 bridgehead atoms. The zero-order chi connectivity index (χ0) is 17.2. The normalized spacial score (nSPS) is 19.4. The van der Waals surface area contributed by atoms with Gasteiger partial charge in [-0.2, -0.15) is 0 Å². The Kier molecular flexibility index (Phi) is 4.85. The lowest BCUT2D eigenvalue weighted by atomic mass is 9.78. The van der Waals surface area contributed by atoms with Gasteiger partial charge in [0.05, 0.1) is 26.9 Å². The number of hydrogen-bond acceptors (Lipinski definition) is 5. The molecule has 1 N–H and O–H groups in total. The number of methoxy groups -OCH3 is 3. The molecule has 1 amide bonds. The molecule has 1 aromatic carbocycles. The minimum atomic E-state index is 0.00297. The lowest BCUT2D eigenvalue weighted by Crippen LogP contribution is -2.39. The number of nitrogens with zero attached hydrogens (tertiary/aromatic N) is 1. The van der Waals surface area contributed by atoms with Crippen LogP contribution in [0.3, 0.4) is 0 Å². The Morgan fingerprint density at radius 2 is 1.62 bits per heavy atom. The first-order chi connectivity index (χ1) is 11.6. The Labute approximate surface area is 143 Å². The summed E-state index contributed by atoms with van der Waals surface area (Å²) >= 11 is 0. The van der Waals surface area contributed by atoms with E-state index in [2.05, 4.69) is 5.32 Å². The van der Waals surface area contributed by atoms with E-state index in [-0.39, 0.29) is 11.3 Å². The molecule has 2 heterocycles. The molecule has 3 rings (SSSR count). The van der Waals surface area contributed by atoms with Crippen LogP contribution in [-0.2, 0) is 0 Å². The third-order valence-electron chi connectivity index (χ3n) is 5.33. The maximum Gasteiger partial charge on any atom is 0.257 e. The first kappa shape index (κ1) is 16.9. The summed E-state index contributed by atoms with van der Waals surface area (Å²) in [5, 5.41) is 3.40. The van der Waals surface area contributed by atoms with Crippen LogP contribution >= 0.6 is 0 Å². The van der Waals surface area contributed by atoms with Gasteiger partial charge < -0.3 is 24.4 Å². The van der Waals surface area contributed by atoms with Gasteiger partial charge in [-0.1, -0.05) is 0 Å². The number of carbonyl (C=O) groups is 1. The van der Waals surface area contributed by atoms with Gasteiger partial charge >= 0.3 is 0 Å². The van der Waals surface area contributed by atoms with E-state index in [0.29, 0.717) is 22.8 Å². The Morgan fingerprint density at radius 3 is 2.25 bits per heavy atom. The Morgan fingerprint density at radius 1 is 1.00 bits per heavy atom. The lowest BCUT2D eigenvalue weighted by Gasteiger charge is -2.33. The molecule has 0 unspecified atom stereocenters. The largest absolute Gasteiger partial charge is 0.496 e. The van der Waals surface area contributed by atoms with E-state index in [1.54, 1.807) is 33.5 Å². The fourth-order valence-corrected chi connectivity index (χ4v) is 3.84. The molecule has 24 heavy (non-hydrogen) atoms. The smallest absolute Gasteiger partial charge is 0.257 e. The number of hydrogen-bond donors (Lipinski definition) is 1. The topological polar surface area (TPSA) is 60.0 Å². The first-order valence-corrected chi connectivity index (χ1v) is 8.42. The van der Waals surface area contributed by atoms with E-state index < -0.39 is 0 Å². The van der Waals surface area contributed by atoms with E-state index in [1.165, 1.54) is 0 Å². The molecule has 2 aliphatic rings. The zero-order valence-corrected chi connectivity index (χ0v) is 14.7. The second-order valence-corrected chi connectivity index (χ2v) is 6.63. The molecule has 2 saturated heterocycles. The predicted molar refractivity (Wildman–Crippen MR) is 91.2 cm³/mol. The summed E-state index contributed by atoms with van der Waals surface area (Å²) in [4.78, 5) is 15.0. The quantitative estimate of drug-likeness (QED) is 0.912. The van der Waals surface area contributed by atoms with Crippen molar-refractivity contribution in [1.29, 1.82) is 0 Å². The highest BCUT2D eigenvalue weighted by Gasteiger charge is 2.41. The minimum absolute atomic E-state index is 0.00297. The van der Waals surface area contributed by atoms with Crippen molar-refractivity contribution in [2.75, 3.05) is 47.5 Å². The number of likely N-dealkylation sites (tertiary alicyclic amines) is 1. The van der Waals surface area contributed by atoms with Gasteiger partial charge in [-0.05, 0) is 37.8 Å². The van der Waals surface area contributed by atoms with Crippen LogP contribution in [0.15, 0.2) is 12.1 Å². The highest BCUT2D eigenvalue weighted by atomic mass is 16.5. The van der Waals surface area contributed by atoms with Crippen molar-refractivity contribution in [3.8, 4) is 17.2 Å². The molecule has 0 aromatic heterocycles. The van der Waals surface area contributed by atoms with Gasteiger partial charge in [0.2, 0.25) is 0 Å². The third-order valence-corrected chi connectivity index (χ3v) is 5.33. The summed E-state index contributed by atoms with van der Waals surface area (Å²) in [6, 6.07) is 3.43. The highest BCUT2D eigenvalue weighted by molar-refractivity contribution is 5.98. The van der Waals surface area contributed by atoms with Crippen molar-refractivity contribution in [2.45, 2.75) is 19.3 Å². The molecule has 0 aliphatic carbocycles. The number of piperidine rings is 1. The Hall–Kier alpha value is -1.95. The molecule has 1 spiro atoms. The average Bonchev–Trinajstić information content (AvgIpc) is 3.03. The lowest BCUT2D eigenvalue weighted by molar-refractivity contribution is 0.0758. The number of benzene rings is 1. The molecule has 6 heteroatoms. The maximum absolute atomic E-state index is 13.1. The summed E-state index contributed by atoms with van der Waals surface area (Å²) in [5.74, 6) is 1.62. The minimum Gasteiger partial charge on any atom is -0.496 e. The first-order valence-electron chi connectivity index (χ1n) is 8.42. The molecule has 2 aliphatic heterocycles. The van der Waals surface area contributed by atoms with E-state index in [0.717, 1.165) is 45.4 Å². The third kappa shape index (κ3) is 3.02. The van der Waals surface area contributed by atoms with Crippen LogP contribution in [-0.4, -0.2) is 58.3 Å². The van der Waals surface area contributed by atoms with Crippen molar-refractivity contribution in [3.05, 3.63) is 17.7 Å². The fourth-order valence-electron chi connectivity index (χ4n) is 3.84. The molecule has 1 aromatic rings. The van der Waals surface area contributed by atoms with Gasteiger partial charge in [-0.25, -0.2) is 0 Å². The van der Waals surface area contributed by atoms with Gasteiger partial charge in [0.15, 0.2) is 11.5 Å². The van der Waals surface area contributed by atoms with E-state index >= 15 is 0 Å². The summed E-state index contributed by atoms with van der Waals surface area (Å²) in [6.07, 6.45) is 3.36. The van der Waals surface area contributed by atoms with E-state index in [9.17, 15) is 4.79 Å². The van der Waals surface area contributed by atoms with Gasteiger partial charge in [0.1, 0.15) is 5.75 Å². The SMILES string of the molecule is COc1cc(OC)c(C(=O)N2CCC3(CCNCC3)C2)cc1OC. The zero-order valence-electron chi connectivity index (χ0n) is 14.7. The number of ether oxygens (including phenoxy) is 3. The summed E-state index contributed by atoms with van der Waals surface area (Å²) < 4.78 is 16.0. The molecular formula is C18H26N2O4. The molecule has 0 atom stereocenters. The van der Waals surface area contributed by atoms with Crippen molar-refractivity contribution in [1.82, 2.24) is 10.2 Å². The van der Waals surface area contributed by atoms with E-state index in [4.69, 9.17) is 14.2 Å². The average molecular weight is 334 g/mol. The standard InChI is InChI=1S/C18H26N2O4/c1-22-14-11-16(24-3)15(23-2)10-13(14)17(21)20-9-6-18(12-20)4-7-19-8-5-18/h10-11,19H,4-9,12H2,1-3H3. The second-order valence-electron chi connectivity index (χ2n) is 6.63. The Bertz CT molecular complexity index is 611. The summed E-state index contributed by atoms with van der Waals surface area (Å²) in [6.45, 7) is 3.71. The predicted octanol–water partition coefficient (Wildman–Crippen LogP) is 1.93. The van der Waals surface area contributed by atoms with Gasteiger partial charge in [0.25, 0.3) is 5.91 Å². The van der Waals surface area contributed by atoms with Crippen molar-refractivity contribution < 1.29 is 19.0 Å². The maximum atomic E-state index is 13.1. The van der Waals surface area contributed by atoms with Crippen molar-refractivity contribution >= 4 is 5.91 Å². The number of amides is 1. The number of nitrogens with one attached hydrogen (secondary N) is 1. The van der Waals surface area contributed by atoms with Gasteiger partial charge in [-0.15, -0.1) is 0 Å². The van der Waals surface area contributed by atoms with Crippen LogP contribution in [0.25, 0.3) is 0 Å². The molecule has 6 nitrogen and oxygen atoms in total. The monoisotopic (exact) mass is 334 g/mol. The van der Waals surface area contributed by atoms with Crippen LogP contribution in [0.4, 0.5) is 0 Å². The number of carbonyl (C=O) groups excluding carboxylic acids is 1. The van der Waals surface area contributed by atoms with Crippen LogP contribution < -0.4 is 19.5 Å². The Balaban J connectivity index is 1.84. The van der Waals surface area contributed by atoms with Crippen LogP contribution in [0.5, 0.6) is 17.2 Å². The van der Waals surface area contributed by atoms with Gasteiger partial charge in [0, 0.05) is 25.2 Å². The fraction of sp³-hybridized carbons (Fsp3) is 0.611. The van der Waals surface area contributed by atoms with Crippen molar-refractivity contribution in [3.63, 3.8) is 0 Å². The van der Waals surface area contributed by atoms with Crippen LogP contribution in [0, 0.1) is 5.41 Å². The van der Waals surface area contributed by atoms with Crippen LogP contribution in [0.2, 0.25) is 0 Å². The van der Waals surface area contributed by atoms with Crippen molar-refractivity contribution in [2.24, 2.45) is 5.41 Å². The number of rotatable bonds is 4. The molecular weight excluding hydrogens is 308 g/mol. The molecule has 0 saturated carbocycles. The highest BCUT2D eigenvalue weighted by Crippen LogP contribution is 2.41. The molecule has 132 valence electrons. The van der Waals surface area contributed by atoms with E-state index in [1.807, 2.05) is 4.90 Å². The summed E-state index contributed by atoms with van der Waals surface area (Å²) in [5.41, 5.74) is 0.811. The summed E-state index contributed by atoms with van der Waals surface area (Å²) in [7, 11) is 4.70. The molecule has 2 fully saturated rings. The van der Waals surface area contributed by atoms with Gasteiger partial charge in [-0.3, -0.25) is 4.79 Å². The molecule has 0 radical (unpaired) electrons. The second kappa shape index (κ2) is 6.89. The van der Waals surface area contributed by atoms with Crippen LogP contribution in [0.1, 0.15) is 29.6 Å².